The first-order valence-corrected chi connectivity index (χ1v) is 13.8. The fourth-order valence-corrected chi connectivity index (χ4v) is 5.51. The molecule has 1 aromatic heterocycles. The number of carbonyl (C=O) groups is 2. The van der Waals surface area contributed by atoms with Gasteiger partial charge in [0.25, 0.3) is 5.91 Å². The van der Waals surface area contributed by atoms with Gasteiger partial charge in [0.15, 0.2) is 17.2 Å². The van der Waals surface area contributed by atoms with Crippen LogP contribution in [0.1, 0.15) is 52.3 Å². The number of aromatic nitrogens is 2. The second-order valence-corrected chi connectivity index (χ2v) is 10.8. The van der Waals surface area contributed by atoms with E-state index in [1.54, 1.807) is 29.3 Å². The molecule has 2 N–H and O–H groups in total. The number of ether oxygens (including phenoxy) is 2. The number of aryl methyl sites for hydroxylation is 2. The summed E-state index contributed by atoms with van der Waals surface area (Å²) in [4.78, 5) is 32.4. The van der Waals surface area contributed by atoms with Crippen LogP contribution in [0.3, 0.4) is 0 Å². The van der Waals surface area contributed by atoms with E-state index in [0.717, 1.165) is 23.4 Å². The highest BCUT2D eigenvalue weighted by Crippen LogP contribution is 2.49. The quantitative estimate of drug-likeness (QED) is 0.320. The van der Waals surface area contributed by atoms with E-state index in [-0.39, 0.29) is 24.6 Å². The Kier molecular flexibility index (Phi) is 6.86. The van der Waals surface area contributed by atoms with Crippen LogP contribution < -0.4 is 25.0 Å². The van der Waals surface area contributed by atoms with E-state index in [4.69, 9.17) is 9.47 Å². The molecule has 3 aromatic carbocycles. The fourth-order valence-electron chi connectivity index (χ4n) is 5.51. The molecule has 41 heavy (non-hydrogen) atoms. The average Bonchev–Trinajstić information content (AvgIpc) is 3.37. The molecule has 2 aliphatic heterocycles. The van der Waals surface area contributed by atoms with Crippen molar-refractivity contribution in [2.45, 2.75) is 45.1 Å². The first-order valence-electron chi connectivity index (χ1n) is 13.8. The molecular weight excluding hydrogens is 518 g/mol. The lowest BCUT2D eigenvalue weighted by Gasteiger charge is -2.50. The minimum atomic E-state index is -0.997. The van der Waals surface area contributed by atoms with Crippen LogP contribution in [-0.2, 0) is 20.1 Å². The Morgan fingerprint density at radius 2 is 1.98 bits per heavy atom. The van der Waals surface area contributed by atoms with Crippen molar-refractivity contribution in [1.82, 2.24) is 20.2 Å². The molecular formula is C32H33N5O4. The number of benzene rings is 3. The average molecular weight is 552 g/mol. The summed E-state index contributed by atoms with van der Waals surface area (Å²) in [5.74, 6) is 1.77. The number of nitrogens with zero attached hydrogens (tertiary/aromatic N) is 3. The second kappa shape index (κ2) is 10.6. The molecule has 4 aromatic rings. The monoisotopic (exact) mass is 551 g/mol. The Morgan fingerprint density at radius 1 is 1.17 bits per heavy atom. The van der Waals surface area contributed by atoms with Crippen molar-refractivity contribution in [1.29, 1.82) is 0 Å². The Bertz CT molecular complexity index is 1600. The zero-order chi connectivity index (χ0) is 28.6. The minimum absolute atomic E-state index is 0.195. The van der Waals surface area contributed by atoms with Gasteiger partial charge in [-0.05, 0) is 50.1 Å². The zero-order valence-electron chi connectivity index (χ0n) is 23.4. The summed E-state index contributed by atoms with van der Waals surface area (Å²) in [7, 11) is 1.92. The van der Waals surface area contributed by atoms with Crippen LogP contribution in [0, 0.1) is 6.92 Å². The highest BCUT2D eigenvalue weighted by molar-refractivity contribution is 5.99. The molecule has 2 atom stereocenters. The van der Waals surface area contributed by atoms with Gasteiger partial charge in [0, 0.05) is 43.5 Å². The first kappa shape index (κ1) is 26.4. The predicted molar refractivity (Wildman–Crippen MR) is 155 cm³/mol. The van der Waals surface area contributed by atoms with Gasteiger partial charge in [-0.1, -0.05) is 48.0 Å². The summed E-state index contributed by atoms with van der Waals surface area (Å²) in [5, 5.41) is 6.12. The maximum atomic E-state index is 13.5. The summed E-state index contributed by atoms with van der Waals surface area (Å²) in [6.07, 6.45) is 4.86. The highest BCUT2D eigenvalue weighted by atomic mass is 16.5. The second-order valence-electron chi connectivity index (χ2n) is 10.8. The van der Waals surface area contributed by atoms with Gasteiger partial charge in [-0.3, -0.25) is 9.69 Å². The van der Waals surface area contributed by atoms with Gasteiger partial charge in [-0.25, -0.2) is 9.78 Å². The molecule has 210 valence electrons. The van der Waals surface area contributed by atoms with E-state index in [2.05, 4.69) is 46.8 Å². The highest BCUT2D eigenvalue weighted by Gasteiger charge is 2.50. The van der Waals surface area contributed by atoms with Gasteiger partial charge in [-0.2, -0.15) is 0 Å². The van der Waals surface area contributed by atoms with E-state index in [1.807, 2.05) is 49.0 Å². The molecule has 6 rings (SSSR count). The molecule has 0 aliphatic carbocycles. The zero-order valence-corrected chi connectivity index (χ0v) is 23.4. The van der Waals surface area contributed by atoms with E-state index in [9.17, 15) is 9.59 Å². The van der Waals surface area contributed by atoms with Crippen LogP contribution in [-0.4, -0.2) is 33.8 Å². The van der Waals surface area contributed by atoms with Crippen LogP contribution in [0.2, 0.25) is 0 Å². The standard InChI is InChI=1S/C32H33N5O4/c1-21-10-12-22(13-11-21)14-15-34-30(38)23-6-4-7-24(18-23)37-31(39)35-26-19-32(37,2)41-29-25(26)8-5-9-27(29)40-20-28-33-16-17-36(28)3/h4-13,16-18,26H,14-15,19-20H2,1-3H3,(H,34,38)(H,35,39). The summed E-state index contributed by atoms with van der Waals surface area (Å²) in [5.41, 5.74) is 3.28. The lowest BCUT2D eigenvalue weighted by molar-refractivity contribution is 0.0337. The number of amides is 3. The molecule has 0 radical (unpaired) electrons. The number of anilines is 1. The van der Waals surface area contributed by atoms with Gasteiger partial charge < -0.3 is 24.7 Å². The molecule has 2 aliphatic rings. The van der Waals surface area contributed by atoms with Gasteiger partial charge >= 0.3 is 6.03 Å². The van der Waals surface area contributed by atoms with Gasteiger partial charge in [0.05, 0.1) is 11.7 Å². The third-order valence-corrected chi connectivity index (χ3v) is 7.73. The molecule has 9 nitrogen and oxygen atoms in total. The molecule has 3 heterocycles. The van der Waals surface area contributed by atoms with Crippen LogP contribution in [0.4, 0.5) is 10.5 Å². The van der Waals surface area contributed by atoms with Crippen LogP contribution >= 0.6 is 0 Å². The summed E-state index contributed by atoms with van der Waals surface area (Å²) in [6.45, 7) is 4.74. The van der Waals surface area contributed by atoms with Crippen LogP contribution in [0.5, 0.6) is 11.5 Å². The van der Waals surface area contributed by atoms with E-state index in [0.29, 0.717) is 35.7 Å². The third kappa shape index (κ3) is 5.23. The Hall–Kier alpha value is -4.79. The molecule has 2 unspecified atom stereocenters. The molecule has 2 bridgehead atoms. The van der Waals surface area contributed by atoms with Crippen LogP contribution in [0.25, 0.3) is 0 Å². The Morgan fingerprint density at radius 3 is 2.76 bits per heavy atom. The van der Waals surface area contributed by atoms with Crippen LogP contribution in [0.15, 0.2) is 79.1 Å². The maximum Gasteiger partial charge on any atom is 0.325 e. The number of fused-ring (bicyclic) bond motifs is 4. The lowest BCUT2D eigenvalue weighted by atomic mass is 9.89. The SMILES string of the molecule is Cc1ccc(CCNC(=O)c2cccc(N3C(=O)NC4CC3(C)Oc3c(OCc5nccn5C)cccc34)c2)cc1. The number of imidazole rings is 1. The van der Waals surface area contributed by atoms with Crippen molar-refractivity contribution in [3.8, 4) is 11.5 Å². The number of carbonyl (C=O) groups excluding carboxylic acids is 2. The molecule has 9 heteroatoms. The smallest absolute Gasteiger partial charge is 0.325 e. The Balaban J connectivity index is 1.20. The summed E-state index contributed by atoms with van der Waals surface area (Å²) in [6, 6.07) is 20.5. The van der Waals surface area contributed by atoms with Gasteiger partial charge in [0.2, 0.25) is 0 Å². The number of para-hydroxylation sites is 1. The van der Waals surface area contributed by atoms with Crippen molar-refractivity contribution >= 4 is 17.6 Å². The summed E-state index contributed by atoms with van der Waals surface area (Å²) >= 11 is 0. The largest absolute Gasteiger partial charge is 0.482 e. The van der Waals surface area contributed by atoms with Crippen molar-refractivity contribution in [3.63, 3.8) is 0 Å². The lowest BCUT2D eigenvalue weighted by Crippen LogP contribution is -2.65. The summed E-state index contributed by atoms with van der Waals surface area (Å²) < 4.78 is 14.6. The number of hydrogen-bond acceptors (Lipinski definition) is 5. The van der Waals surface area contributed by atoms with Crippen molar-refractivity contribution in [3.05, 3.63) is 107 Å². The maximum absolute atomic E-state index is 13.5. The molecule has 0 saturated carbocycles. The topological polar surface area (TPSA) is 97.7 Å². The third-order valence-electron chi connectivity index (χ3n) is 7.73. The minimum Gasteiger partial charge on any atom is -0.482 e. The molecule has 3 amide bonds. The van der Waals surface area contributed by atoms with Crippen molar-refractivity contribution in [2.75, 3.05) is 11.4 Å². The van der Waals surface area contributed by atoms with E-state index >= 15 is 0 Å². The van der Waals surface area contributed by atoms with Crippen molar-refractivity contribution < 1.29 is 19.1 Å². The van der Waals surface area contributed by atoms with Gasteiger partial charge in [0.1, 0.15) is 12.4 Å². The Labute approximate surface area is 239 Å². The number of nitrogens with one attached hydrogen (secondary N) is 2. The van der Waals surface area contributed by atoms with Crippen molar-refractivity contribution in [2.24, 2.45) is 7.05 Å². The molecule has 0 spiro atoms. The normalized spacial score (nSPS) is 19.1. The predicted octanol–water partition coefficient (Wildman–Crippen LogP) is 5.05. The number of urea groups is 1. The first-order chi connectivity index (χ1) is 19.8. The fraction of sp³-hybridized carbons (Fsp3) is 0.281. The van der Waals surface area contributed by atoms with E-state index in [1.165, 1.54) is 5.56 Å². The number of rotatable bonds is 8. The van der Waals surface area contributed by atoms with Gasteiger partial charge in [-0.15, -0.1) is 0 Å². The molecule has 1 fully saturated rings. The number of hydrogen-bond donors (Lipinski definition) is 2. The van der Waals surface area contributed by atoms with E-state index < -0.39 is 5.72 Å². The molecule has 1 saturated heterocycles.